The van der Waals surface area contributed by atoms with Gasteiger partial charge in [0.25, 0.3) is 0 Å². The van der Waals surface area contributed by atoms with Crippen molar-refractivity contribution in [2.45, 2.75) is 6.42 Å². The van der Waals surface area contributed by atoms with Crippen LogP contribution in [0.2, 0.25) is 5.02 Å². The van der Waals surface area contributed by atoms with E-state index in [1.807, 2.05) is 24.3 Å². The first-order chi connectivity index (χ1) is 10.2. The highest BCUT2D eigenvalue weighted by Gasteiger charge is 2.19. The molecule has 2 aromatic carbocycles. The number of hydrogen-bond acceptors (Lipinski definition) is 3. The second-order valence-corrected chi connectivity index (χ2v) is 5.46. The fraction of sp³-hybridized carbons (Fsp3) is 0.235. The van der Waals surface area contributed by atoms with E-state index in [1.54, 1.807) is 24.3 Å². The smallest absolute Gasteiger partial charge is 0.182 e. The molecule has 0 fully saturated rings. The lowest BCUT2D eigenvalue weighted by Crippen LogP contribution is -2.30. The first-order valence-electron chi connectivity index (χ1n) is 6.99. The minimum absolute atomic E-state index is 0.0641. The molecule has 0 amide bonds. The summed E-state index contributed by atoms with van der Waals surface area (Å²) in [5.74, 6) is 0.906. The summed E-state index contributed by atoms with van der Waals surface area (Å²) in [5, 5.41) is 0.584. The van der Waals surface area contributed by atoms with Gasteiger partial charge in [0.15, 0.2) is 5.78 Å². The molecule has 21 heavy (non-hydrogen) atoms. The van der Waals surface area contributed by atoms with Gasteiger partial charge in [0.2, 0.25) is 0 Å². The molecule has 0 bridgehead atoms. The average molecular weight is 302 g/mol. The number of halogens is 1. The molecule has 0 N–H and O–H groups in total. The number of para-hydroxylation sites is 2. The molecule has 0 unspecified atom stereocenters. The van der Waals surface area contributed by atoms with E-state index < -0.39 is 0 Å². The Bertz CT molecular complexity index is 657. The van der Waals surface area contributed by atoms with Crippen molar-refractivity contribution in [1.82, 2.24) is 0 Å². The number of anilines is 1. The molecule has 2 aromatic rings. The van der Waals surface area contributed by atoms with E-state index in [9.17, 15) is 4.79 Å². The van der Waals surface area contributed by atoms with E-state index in [0.717, 1.165) is 24.4 Å². The largest absolute Gasteiger partial charge is 0.491 e. The van der Waals surface area contributed by atoms with Crippen LogP contribution in [0.15, 0.2) is 48.5 Å². The number of ether oxygens (including phenoxy) is 1. The molecule has 1 heterocycles. The van der Waals surface area contributed by atoms with Gasteiger partial charge in [0, 0.05) is 17.1 Å². The first kappa shape index (κ1) is 14.0. The molecule has 0 atom stereocenters. The zero-order valence-corrected chi connectivity index (χ0v) is 12.3. The maximum absolute atomic E-state index is 12.4. The fourth-order valence-electron chi connectivity index (χ4n) is 2.49. The van der Waals surface area contributed by atoms with E-state index in [-0.39, 0.29) is 5.78 Å². The summed E-state index contributed by atoms with van der Waals surface area (Å²) in [4.78, 5) is 14.5. The van der Waals surface area contributed by atoms with Crippen LogP contribution in [0, 0.1) is 0 Å². The van der Waals surface area contributed by atoms with Crippen molar-refractivity contribution in [3.63, 3.8) is 0 Å². The maximum atomic E-state index is 12.4. The van der Waals surface area contributed by atoms with Gasteiger partial charge >= 0.3 is 0 Å². The number of nitrogens with zero attached hydrogens (tertiary/aromatic N) is 1. The van der Waals surface area contributed by atoms with Crippen LogP contribution in [0.4, 0.5) is 5.69 Å². The number of ketones is 1. The highest BCUT2D eigenvalue weighted by atomic mass is 35.5. The second kappa shape index (κ2) is 6.19. The number of Topliss-reactive ketones (excluding diaryl/α,β-unsaturated/α-hetero) is 1. The third-order valence-corrected chi connectivity index (χ3v) is 3.75. The predicted molar refractivity (Wildman–Crippen MR) is 84.5 cm³/mol. The van der Waals surface area contributed by atoms with Gasteiger partial charge in [-0.15, -0.1) is 0 Å². The van der Waals surface area contributed by atoms with Crippen molar-refractivity contribution in [1.29, 1.82) is 0 Å². The third kappa shape index (κ3) is 3.19. The van der Waals surface area contributed by atoms with Crippen LogP contribution in [0.5, 0.6) is 5.75 Å². The van der Waals surface area contributed by atoms with Crippen molar-refractivity contribution < 1.29 is 9.53 Å². The minimum Gasteiger partial charge on any atom is -0.491 e. The Balaban J connectivity index is 1.83. The maximum Gasteiger partial charge on any atom is 0.182 e. The summed E-state index contributed by atoms with van der Waals surface area (Å²) in [6, 6.07) is 14.9. The van der Waals surface area contributed by atoms with Gasteiger partial charge in [-0.2, -0.15) is 0 Å². The molecule has 3 rings (SSSR count). The highest BCUT2D eigenvalue weighted by molar-refractivity contribution is 6.31. The van der Waals surface area contributed by atoms with E-state index in [1.165, 1.54) is 0 Å². The first-order valence-corrected chi connectivity index (χ1v) is 7.37. The molecule has 0 saturated carbocycles. The Morgan fingerprint density at radius 3 is 2.90 bits per heavy atom. The van der Waals surface area contributed by atoms with E-state index >= 15 is 0 Å². The van der Waals surface area contributed by atoms with Crippen molar-refractivity contribution in [3.05, 3.63) is 59.1 Å². The van der Waals surface area contributed by atoms with Gasteiger partial charge in [-0.25, -0.2) is 0 Å². The molecule has 0 radical (unpaired) electrons. The van der Waals surface area contributed by atoms with Gasteiger partial charge in [-0.1, -0.05) is 35.9 Å². The van der Waals surface area contributed by atoms with Crippen LogP contribution >= 0.6 is 11.6 Å². The van der Waals surface area contributed by atoms with Crippen LogP contribution in [-0.2, 0) is 0 Å². The van der Waals surface area contributed by atoms with Gasteiger partial charge in [0.1, 0.15) is 5.75 Å². The third-order valence-electron chi connectivity index (χ3n) is 3.52. The molecule has 3 nitrogen and oxygen atoms in total. The zero-order valence-electron chi connectivity index (χ0n) is 11.6. The molecule has 0 aliphatic carbocycles. The Morgan fingerprint density at radius 1 is 1.19 bits per heavy atom. The average Bonchev–Trinajstić information content (AvgIpc) is 2.70. The number of carbonyl (C=O) groups excluding carboxylic acids is 1. The van der Waals surface area contributed by atoms with Crippen LogP contribution in [-0.4, -0.2) is 25.5 Å². The fourth-order valence-corrected chi connectivity index (χ4v) is 2.68. The van der Waals surface area contributed by atoms with Crippen LogP contribution in [0.3, 0.4) is 0 Å². The highest BCUT2D eigenvalue weighted by Crippen LogP contribution is 2.30. The number of hydrogen-bond donors (Lipinski definition) is 0. The summed E-state index contributed by atoms with van der Waals surface area (Å²) in [6.45, 7) is 1.82. The number of fused-ring (bicyclic) bond motifs is 1. The molecule has 0 aromatic heterocycles. The monoisotopic (exact) mass is 301 g/mol. The SMILES string of the molecule is O=C(CN1CCCOc2ccccc21)c1cccc(Cl)c1. The Morgan fingerprint density at radius 2 is 2.05 bits per heavy atom. The lowest BCUT2D eigenvalue weighted by Gasteiger charge is -2.22. The lowest BCUT2D eigenvalue weighted by molar-refractivity contribution is 0.0999. The van der Waals surface area contributed by atoms with Gasteiger partial charge < -0.3 is 9.64 Å². The number of rotatable bonds is 3. The molecule has 0 spiro atoms. The number of benzene rings is 2. The minimum atomic E-state index is 0.0641. The van der Waals surface area contributed by atoms with Crippen molar-refractivity contribution in [2.75, 3.05) is 24.6 Å². The van der Waals surface area contributed by atoms with Crippen LogP contribution < -0.4 is 9.64 Å². The second-order valence-electron chi connectivity index (χ2n) is 5.02. The van der Waals surface area contributed by atoms with Crippen LogP contribution in [0.25, 0.3) is 0 Å². The summed E-state index contributed by atoms with van der Waals surface area (Å²) in [7, 11) is 0. The lowest BCUT2D eigenvalue weighted by atomic mass is 10.1. The molecule has 0 saturated heterocycles. The normalized spacial score (nSPS) is 14.0. The molecular formula is C17H16ClNO2. The Kier molecular flexibility index (Phi) is 4.11. The van der Waals surface area contributed by atoms with Crippen LogP contribution in [0.1, 0.15) is 16.8 Å². The molecule has 4 heteroatoms. The standard InChI is InChI=1S/C17H16ClNO2/c18-14-6-3-5-13(11-14)16(20)12-19-9-4-10-21-17-8-2-1-7-15(17)19/h1-3,5-8,11H,4,9-10,12H2. The molecule has 108 valence electrons. The van der Waals surface area contributed by atoms with E-state index in [4.69, 9.17) is 16.3 Å². The Labute approximate surface area is 129 Å². The quantitative estimate of drug-likeness (QED) is 0.807. The number of carbonyl (C=O) groups is 1. The van der Waals surface area contributed by atoms with E-state index in [0.29, 0.717) is 23.7 Å². The predicted octanol–water partition coefficient (Wildman–Crippen LogP) is 3.81. The van der Waals surface area contributed by atoms with Gasteiger partial charge in [0.05, 0.1) is 18.8 Å². The molecule has 1 aliphatic heterocycles. The zero-order chi connectivity index (χ0) is 14.7. The van der Waals surface area contributed by atoms with Crippen molar-refractivity contribution in [3.8, 4) is 5.75 Å². The summed E-state index contributed by atoms with van der Waals surface area (Å²) in [6.07, 6.45) is 0.900. The topological polar surface area (TPSA) is 29.5 Å². The van der Waals surface area contributed by atoms with Crippen molar-refractivity contribution >= 4 is 23.1 Å². The van der Waals surface area contributed by atoms with E-state index in [2.05, 4.69) is 4.90 Å². The molecule has 1 aliphatic rings. The molecular weight excluding hydrogens is 286 g/mol. The van der Waals surface area contributed by atoms with Crippen molar-refractivity contribution in [2.24, 2.45) is 0 Å². The van der Waals surface area contributed by atoms with Gasteiger partial charge in [-0.3, -0.25) is 4.79 Å². The summed E-state index contributed by atoms with van der Waals surface area (Å²) in [5.41, 5.74) is 1.62. The van der Waals surface area contributed by atoms with Gasteiger partial charge in [-0.05, 0) is 30.7 Å². The Hall–Kier alpha value is -2.00. The summed E-state index contributed by atoms with van der Waals surface area (Å²) < 4.78 is 5.71. The summed E-state index contributed by atoms with van der Waals surface area (Å²) >= 11 is 5.95.